The number of halogens is 1. The van der Waals surface area contributed by atoms with Gasteiger partial charge in [-0.15, -0.1) is 11.3 Å². The van der Waals surface area contributed by atoms with E-state index in [0.29, 0.717) is 20.8 Å². The first-order chi connectivity index (χ1) is 12.3. The van der Waals surface area contributed by atoms with Gasteiger partial charge in [-0.05, 0) is 36.8 Å². The van der Waals surface area contributed by atoms with E-state index in [1.165, 1.54) is 53.7 Å². The summed E-state index contributed by atoms with van der Waals surface area (Å²) in [5.74, 6) is -1.51. The number of carbonyl (C=O) groups excluding carboxylic acids is 2. The number of aryl methyl sites for hydroxylation is 1. The summed E-state index contributed by atoms with van der Waals surface area (Å²) < 4.78 is 23.6. The van der Waals surface area contributed by atoms with Crippen molar-refractivity contribution in [1.29, 1.82) is 0 Å². The average molecular weight is 375 g/mol. The summed E-state index contributed by atoms with van der Waals surface area (Å²) in [5, 5.41) is 0.511. The summed E-state index contributed by atoms with van der Waals surface area (Å²) in [5.41, 5.74) is -0.0548. The fraction of sp³-hybridized carbons (Fsp3) is 0.167. The SMILES string of the molecule is COC(=O)c1cc2sc(N(C)C(=O)c3ccc(F)c(C)c3)cc2oc1=O. The molecule has 2 aromatic heterocycles. The van der Waals surface area contributed by atoms with Gasteiger partial charge in [0.1, 0.15) is 16.4 Å². The molecule has 1 amide bonds. The van der Waals surface area contributed by atoms with Crippen LogP contribution in [0.1, 0.15) is 26.3 Å². The van der Waals surface area contributed by atoms with Gasteiger partial charge in [-0.25, -0.2) is 14.0 Å². The first kappa shape index (κ1) is 17.8. The third-order valence-corrected chi connectivity index (χ3v) is 5.00. The second-order valence-corrected chi connectivity index (χ2v) is 6.64. The molecule has 0 aliphatic rings. The van der Waals surface area contributed by atoms with Crippen molar-refractivity contribution in [2.45, 2.75) is 6.92 Å². The van der Waals surface area contributed by atoms with Crippen molar-refractivity contribution in [3.8, 4) is 0 Å². The Kier molecular flexibility index (Phi) is 4.60. The Morgan fingerprint density at radius 1 is 1.23 bits per heavy atom. The average Bonchev–Trinajstić information content (AvgIpc) is 3.04. The highest BCUT2D eigenvalue weighted by molar-refractivity contribution is 7.22. The fourth-order valence-electron chi connectivity index (χ4n) is 2.39. The predicted molar refractivity (Wildman–Crippen MR) is 95.6 cm³/mol. The third kappa shape index (κ3) is 3.11. The number of carbonyl (C=O) groups is 2. The lowest BCUT2D eigenvalue weighted by molar-refractivity contribution is 0.0596. The molecule has 134 valence electrons. The number of ether oxygens (including phenoxy) is 1. The van der Waals surface area contributed by atoms with Crippen LogP contribution in [0.25, 0.3) is 10.3 Å². The normalized spacial score (nSPS) is 10.8. The molecule has 0 fully saturated rings. The van der Waals surface area contributed by atoms with E-state index < -0.39 is 11.6 Å². The van der Waals surface area contributed by atoms with Crippen LogP contribution in [0.5, 0.6) is 0 Å². The van der Waals surface area contributed by atoms with Crippen LogP contribution in [0.15, 0.2) is 39.5 Å². The lowest BCUT2D eigenvalue weighted by atomic mass is 10.1. The Morgan fingerprint density at radius 2 is 1.96 bits per heavy atom. The largest absolute Gasteiger partial charge is 0.465 e. The molecule has 0 bridgehead atoms. The minimum absolute atomic E-state index is 0.212. The van der Waals surface area contributed by atoms with Gasteiger partial charge in [-0.1, -0.05) is 0 Å². The third-order valence-electron chi connectivity index (χ3n) is 3.86. The van der Waals surface area contributed by atoms with Gasteiger partial charge in [0.05, 0.1) is 11.8 Å². The standard InChI is InChI=1S/C18H14FNO5S/c1-9-6-10(4-5-12(9)19)16(21)20(2)15-8-13-14(26-15)7-11(17(22)24-3)18(23)25-13/h4-8H,1-3H3. The maximum atomic E-state index is 13.4. The summed E-state index contributed by atoms with van der Waals surface area (Å²) in [4.78, 5) is 37.4. The maximum Gasteiger partial charge on any atom is 0.351 e. The molecule has 6 nitrogen and oxygen atoms in total. The van der Waals surface area contributed by atoms with Gasteiger partial charge >= 0.3 is 11.6 Å². The minimum Gasteiger partial charge on any atom is -0.465 e. The van der Waals surface area contributed by atoms with Crippen LogP contribution < -0.4 is 10.5 Å². The van der Waals surface area contributed by atoms with E-state index in [2.05, 4.69) is 4.74 Å². The van der Waals surface area contributed by atoms with Gasteiger partial charge in [0.15, 0.2) is 5.58 Å². The Balaban J connectivity index is 1.99. The highest BCUT2D eigenvalue weighted by Gasteiger charge is 2.20. The predicted octanol–water partition coefficient (Wildman–Crippen LogP) is 3.37. The first-order valence-electron chi connectivity index (χ1n) is 7.52. The molecular formula is C18H14FNO5S. The fourth-order valence-corrected chi connectivity index (χ4v) is 3.38. The smallest absolute Gasteiger partial charge is 0.351 e. The van der Waals surface area contributed by atoms with Crippen LogP contribution >= 0.6 is 11.3 Å². The molecule has 0 N–H and O–H groups in total. The van der Waals surface area contributed by atoms with Crippen molar-refractivity contribution in [3.63, 3.8) is 0 Å². The Bertz CT molecular complexity index is 1080. The number of hydrogen-bond donors (Lipinski definition) is 0. The van der Waals surface area contributed by atoms with E-state index in [1.54, 1.807) is 14.0 Å². The van der Waals surface area contributed by atoms with Crippen molar-refractivity contribution in [3.05, 3.63) is 63.3 Å². The molecule has 8 heteroatoms. The summed E-state index contributed by atoms with van der Waals surface area (Å²) in [6.07, 6.45) is 0. The Morgan fingerprint density at radius 3 is 2.62 bits per heavy atom. The van der Waals surface area contributed by atoms with Gasteiger partial charge in [-0.3, -0.25) is 4.79 Å². The van der Waals surface area contributed by atoms with Gasteiger partial charge in [-0.2, -0.15) is 0 Å². The summed E-state index contributed by atoms with van der Waals surface area (Å²) in [6.45, 7) is 1.58. The molecular weight excluding hydrogens is 361 g/mol. The molecule has 1 aromatic carbocycles. The number of rotatable bonds is 3. The zero-order chi connectivity index (χ0) is 19.0. The highest BCUT2D eigenvalue weighted by atomic mass is 32.1. The van der Waals surface area contributed by atoms with Crippen LogP contribution in [0.4, 0.5) is 9.39 Å². The van der Waals surface area contributed by atoms with E-state index in [-0.39, 0.29) is 22.9 Å². The Hall–Kier alpha value is -3.00. The number of esters is 1. The van der Waals surface area contributed by atoms with E-state index >= 15 is 0 Å². The molecule has 0 saturated heterocycles. The number of nitrogens with zero attached hydrogens (tertiary/aromatic N) is 1. The summed E-state index contributed by atoms with van der Waals surface area (Å²) in [6, 6.07) is 7.03. The zero-order valence-corrected chi connectivity index (χ0v) is 15.0. The van der Waals surface area contributed by atoms with E-state index in [9.17, 15) is 18.8 Å². The first-order valence-corrected chi connectivity index (χ1v) is 8.33. The molecule has 0 atom stereocenters. The molecule has 0 unspecified atom stereocenters. The topological polar surface area (TPSA) is 76.8 Å². The number of anilines is 1. The van der Waals surface area contributed by atoms with Gasteiger partial charge in [0.25, 0.3) is 5.91 Å². The van der Waals surface area contributed by atoms with E-state index in [4.69, 9.17) is 4.42 Å². The quantitative estimate of drug-likeness (QED) is 0.656. The molecule has 26 heavy (non-hydrogen) atoms. The number of benzene rings is 1. The lowest BCUT2D eigenvalue weighted by Crippen LogP contribution is -2.25. The second kappa shape index (κ2) is 6.72. The van der Waals surface area contributed by atoms with Gasteiger partial charge in [0, 0.05) is 18.7 Å². The second-order valence-electron chi connectivity index (χ2n) is 5.58. The molecule has 2 heterocycles. The monoisotopic (exact) mass is 375 g/mol. The molecule has 3 aromatic rings. The number of thiophene rings is 1. The molecule has 0 saturated carbocycles. The van der Waals surface area contributed by atoms with Crippen molar-refractivity contribution in [2.24, 2.45) is 0 Å². The zero-order valence-electron chi connectivity index (χ0n) is 14.2. The van der Waals surface area contributed by atoms with E-state index in [0.717, 1.165) is 0 Å². The van der Waals surface area contributed by atoms with Gasteiger partial charge in [0.2, 0.25) is 0 Å². The lowest BCUT2D eigenvalue weighted by Gasteiger charge is -2.15. The number of amides is 1. The highest BCUT2D eigenvalue weighted by Crippen LogP contribution is 2.32. The van der Waals surface area contributed by atoms with Crippen LogP contribution in [0.2, 0.25) is 0 Å². The molecule has 3 rings (SSSR count). The van der Waals surface area contributed by atoms with Crippen LogP contribution in [0, 0.1) is 12.7 Å². The Labute approximate surface area is 151 Å². The minimum atomic E-state index is -0.808. The van der Waals surface area contributed by atoms with Crippen molar-refractivity contribution in [1.82, 2.24) is 0 Å². The number of methoxy groups -OCH3 is 1. The molecule has 0 radical (unpaired) electrons. The van der Waals surface area contributed by atoms with E-state index in [1.807, 2.05) is 0 Å². The van der Waals surface area contributed by atoms with Gasteiger partial charge < -0.3 is 14.1 Å². The summed E-state index contributed by atoms with van der Waals surface area (Å²) >= 11 is 1.18. The summed E-state index contributed by atoms with van der Waals surface area (Å²) in [7, 11) is 2.73. The maximum absolute atomic E-state index is 13.4. The number of hydrogen-bond acceptors (Lipinski definition) is 6. The van der Waals surface area contributed by atoms with Crippen LogP contribution in [-0.2, 0) is 4.74 Å². The number of fused-ring (bicyclic) bond motifs is 1. The molecule has 0 aliphatic heterocycles. The van der Waals surface area contributed by atoms with Crippen LogP contribution in [0.3, 0.4) is 0 Å². The van der Waals surface area contributed by atoms with Crippen molar-refractivity contribution in [2.75, 3.05) is 19.1 Å². The molecule has 0 aliphatic carbocycles. The molecule has 0 spiro atoms. The van der Waals surface area contributed by atoms with Crippen molar-refractivity contribution < 1.29 is 23.1 Å². The van der Waals surface area contributed by atoms with Crippen LogP contribution in [-0.4, -0.2) is 26.0 Å². The van der Waals surface area contributed by atoms with Crippen molar-refractivity contribution >= 4 is 38.5 Å².